The van der Waals surface area contributed by atoms with Crippen LogP contribution in [0.1, 0.15) is 10.6 Å². The maximum atomic E-state index is 5.56. The maximum Gasteiger partial charge on any atom is 0.125 e. The summed E-state index contributed by atoms with van der Waals surface area (Å²) in [5.74, 6) is 0. The average molecular weight is 297 g/mol. The quantitative estimate of drug-likeness (QED) is 0.943. The summed E-state index contributed by atoms with van der Waals surface area (Å²) in [5.41, 5.74) is 7.84. The van der Waals surface area contributed by atoms with Crippen molar-refractivity contribution in [2.24, 2.45) is 5.73 Å². The maximum absolute atomic E-state index is 5.56. The van der Waals surface area contributed by atoms with E-state index in [0.717, 1.165) is 27.2 Å². The van der Waals surface area contributed by atoms with Crippen LogP contribution in [0.4, 0.5) is 0 Å². The predicted octanol–water partition coefficient (Wildman–Crippen LogP) is 3.38. The molecule has 0 atom stereocenters. The number of rotatable bonds is 3. The fraction of sp³-hybridized carbons (Fsp3) is 0.250. The van der Waals surface area contributed by atoms with Gasteiger partial charge in [0.2, 0.25) is 0 Å². The summed E-state index contributed by atoms with van der Waals surface area (Å²) in [6.07, 6.45) is 0.854. The van der Waals surface area contributed by atoms with E-state index >= 15 is 0 Å². The first-order valence-electron chi connectivity index (χ1n) is 5.13. The van der Waals surface area contributed by atoms with Crippen LogP contribution in [-0.2, 0) is 6.42 Å². The van der Waals surface area contributed by atoms with Crippen LogP contribution in [0, 0.1) is 6.92 Å². The number of aromatic nitrogens is 1. The second-order valence-electron chi connectivity index (χ2n) is 3.54. The fourth-order valence-corrected chi connectivity index (χ4v) is 3.15. The van der Waals surface area contributed by atoms with Crippen LogP contribution < -0.4 is 5.73 Å². The van der Waals surface area contributed by atoms with Crippen molar-refractivity contribution in [3.63, 3.8) is 0 Å². The molecule has 1 heterocycles. The lowest BCUT2D eigenvalue weighted by molar-refractivity contribution is 0.927. The molecule has 0 amide bonds. The van der Waals surface area contributed by atoms with Gasteiger partial charge < -0.3 is 5.73 Å². The number of nitrogens with two attached hydrogens (primary N) is 1. The molecule has 4 heteroatoms. The Bertz CT molecular complexity index is 494. The molecule has 0 bridgehead atoms. The van der Waals surface area contributed by atoms with Crippen molar-refractivity contribution in [3.05, 3.63) is 39.3 Å². The first kappa shape index (κ1) is 11.8. The monoisotopic (exact) mass is 296 g/mol. The molecule has 0 radical (unpaired) electrons. The molecule has 0 fully saturated rings. The largest absolute Gasteiger partial charge is 0.330 e. The molecular weight excluding hydrogens is 284 g/mol. The molecule has 0 saturated heterocycles. The lowest BCUT2D eigenvalue weighted by atomic mass is 10.2. The van der Waals surface area contributed by atoms with Crippen molar-refractivity contribution in [2.75, 3.05) is 6.54 Å². The number of thiazole rings is 1. The van der Waals surface area contributed by atoms with Crippen LogP contribution in [0.15, 0.2) is 28.7 Å². The van der Waals surface area contributed by atoms with Crippen molar-refractivity contribution in [2.45, 2.75) is 13.3 Å². The minimum atomic E-state index is 0.653. The van der Waals surface area contributed by atoms with E-state index in [-0.39, 0.29) is 0 Å². The summed E-state index contributed by atoms with van der Waals surface area (Å²) in [6, 6.07) is 8.15. The van der Waals surface area contributed by atoms with Gasteiger partial charge in [0.25, 0.3) is 0 Å². The van der Waals surface area contributed by atoms with Gasteiger partial charge in [-0.3, -0.25) is 0 Å². The number of hydrogen-bond acceptors (Lipinski definition) is 3. The number of aryl methyl sites for hydroxylation is 1. The van der Waals surface area contributed by atoms with Crippen molar-refractivity contribution < 1.29 is 0 Å². The molecule has 2 nitrogen and oxygen atoms in total. The average Bonchev–Trinajstić information content (AvgIpc) is 2.61. The Balaban J connectivity index is 2.42. The Hall–Kier alpha value is -0.710. The molecule has 16 heavy (non-hydrogen) atoms. The Morgan fingerprint density at radius 3 is 2.81 bits per heavy atom. The highest BCUT2D eigenvalue weighted by Gasteiger charge is 2.10. The molecule has 0 aliphatic heterocycles. The third kappa shape index (κ3) is 2.34. The Morgan fingerprint density at radius 1 is 1.38 bits per heavy atom. The van der Waals surface area contributed by atoms with Gasteiger partial charge in [-0.2, -0.15) is 0 Å². The lowest BCUT2D eigenvalue weighted by Gasteiger charge is -1.98. The molecule has 0 aliphatic carbocycles. The number of nitrogens with zero attached hydrogens (tertiary/aromatic N) is 1. The highest BCUT2D eigenvalue weighted by Crippen LogP contribution is 2.32. The summed E-state index contributed by atoms with van der Waals surface area (Å²) >= 11 is 5.27. The Morgan fingerprint density at radius 2 is 2.12 bits per heavy atom. The van der Waals surface area contributed by atoms with Gasteiger partial charge in [0.05, 0.1) is 5.69 Å². The highest BCUT2D eigenvalue weighted by molar-refractivity contribution is 9.10. The van der Waals surface area contributed by atoms with Crippen LogP contribution in [0.25, 0.3) is 10.6 Å². The zero-order valence-corrected chi connectivity index (χ0v) is 11.4. The number of benzene rings is 1. The van der Waals surface area contributed by atoms with Gasteiger partial charge in [-0.05, 0) is 19.5 Å². The molecular formula is C12H13BrN2S. The van der Waals surface area contributed by atoms with E-state index in [9.17, 15) is 0 Å². The van der Waals surface area contributed by atoms with E-state index in [4.69, 9.17) is 5.73 Å². The highest BCUT2D eigenvalue weighted by atomic mass is 79.9. The molecule has 2 N–H and O–H groups in total. The molecule has 0 spiro atoms. The number of halogens is 1. The standard InChI is InChI=1S/C12H13BrN2S/c1-8-11(6-7-14)15-12(16-8)9-4-2-3-5-10(9)13/h2-5H,6-7,14H2,1H3. The normalized spacial score (nSPS) is 10.7. The summed E-state index contributed by atoms with van der Waals surface area (Å²) in [6.45, 7) is 2.75. The molecule has 1 aromatic carbocycles. The smallest absolute Gasteiger partial charge is 0.125 e. The van der Waals surface area contributed by atoms with Crippen LogP contribution in [0.3, 0.4) is 0 Å². The molecule has 2 aromatic rings. The van der Waals surface area contributed by atoms with Gasteiger partial charge in [0, 0.05) is 21.3 Å². The van der Waals surface area contributed by atoms with E-state index in [2.05, 4.69) is 33.9 Å². The van der Waals surface area contributed by atoms with Crippen molar-refractivity contribution in [3.8, 4) is 10.6 Å². The third-order valence-electron chi connectivity index (χ3n) is 2.38. The summed E-state index contributed by atoms with van der Waals surface area (Å²) < 4.78 is 1.09. The Labute approximate surface area is 108 Å². The van der Waals surface area contributed by atoms with Gasteiger partial charge >= 0.3 is 0 Å². The van der Waals surface area contributed by atoms with Crippen LogP contribution >= 0.6 is 27.3 Å². The van der Waals surface area contributed by atoms with E-state index in [1.54, 1.807) is 11.3 Å². The summed E-state index contributed by atoms with van der Waals surface area (Å²) in [7, 11) is 0. The molecule has 2 rings (SSSR count). The van der Waals surface area contributed by atoms with Crippen molar-refractivity contribution in [1.82, 2.24) is 4.98 Å². The topological polar surface area (TPSA) is 38.9 Å². The van der Waals surface area contributed by atoms with E-state index in [1.807, 2.05) is 18.2 Å². The predicted molar refractivity (Wildman–Crippen MR) is 72.7 cm³/mol. The minimum absolute atomic E-state index is 0.653. The lowest BCUT2D eigenvalue weighted by Crippen LogP contribution is -2.03. The SMILES string of the molecule is Cc1sc(-c2ccccc2Br)nc1CCN. The van der Waals surface area contributed by atoms with Gasteiger partial charge in [0.15, 0.2) is 0 Å². The van der Waals surface area contributed by atoms with Crippen molar-refractivity contribution in [1.29, 1.82) is 0 Å². The third-order valence-corrected chi connectivity index (χ3v) is 4.12. The Kier molecular flexibility index (Phi) is 3.74. The molecule has 0 aliphatic rings. The second kappa shape index (κ2) is 5.08. The fourth-order valence-electron chi connectivity index (χ4n) is 1.55. The number of hydrogen-bond donors (Lipinski definition) is 1. The first-order valence-corrected chi connectivity index (χ1v) is 6.74. The second-order valence-corrected chi connectivity index (χ2v) is 5.60. The van der Waals surface area contributed by atoms with Crippen LogP contribution in [0.5, 0.6) is 0 Å². The first-order chi connectivity index (χ1) is 7.72. The van der Waals surface area contributed by atoms with Gasteiger partial charge in [-0.1, -0.05) is 34.1 Å². The molecule has 0 saturated carbocycles. The molecule has 1 aromatic heterocycles. The van der Waals surface area contributed by atoms with Gasteiger partial charge in [-0.15, -0.1) is 11.3 Å². The van der Waals surface area contributed by atoms with Crippen LogP contribution in [-0.4, -0.2) is 11.5 Å². The van der Waals surface area contributed by atoms with Crippen molar-refractivity contribution >= 4 is 27.3 Å². The van der Waals surface area contributed by atoms with E-state index in [1.165, 1.54) is 4.88 Å². The van der Waals surface area contributed by atoms with Crippen LogP contribution in [0.2, 0.25) is 0 Å². The molecule has 0 unspecified atom stereocenters. The van der Waals surface area contributed by atoms with E-state index < -0.39 is 0 Å². The summed E-state index contributed by atoms with van der Waals surface area (Å²) in [5, 5.41) is 1.06. The van der Waals surface area contributed by atoms with E-state index in [0.29, 0.717) is 6.54 Å². The minimum Gasteiger partial charge on any atom is -0.330 e. The summed E-state index contributed by atoms with van der Waals surface area (Å²) in [4.78, 5) is 5.90. The zero-order valence-electron chi connectivity index (χ0n) is 9.03. The molecule has 84 valence electrons. The zero-order chi connectivity index (χ0) is 11.5. The van der Waals surface area contributed by atoms with Gasteiger partial charge in [-0.25, -0.2) is 4.98 Å². The van der Waals surface area contributed by atoms with Gasteiger partial charge in [0.1, 0.15) is 5.01 Å².